The van der Waals surface area contributed by atoms with Gasteiger partial charge in [-0.25, -0.2) is 0 Å². The fourth-order valence-corrected chi connectivity index (χ4v) is 1.15. The van der Waals surface area contributed by atoms with Gasteiger partial charge in [0.1, 0.15) is 6.10 Å². The van der Waals surface area contributed by atoms with E-state index in [2.05, 4.69) is 0 Å². The third-order valence-electron chi connectivity index (χ3n) is 1.46. The molecule has 1 aromatic carbocycles. The van der Waals surface area contributed by atoms with Crippen LogP contribution in [0.4, 0.5) is 0 Å². The molecule has 0 atom stereocenters. The zero-order valence-corrected chi connectivity index (χ0v) is 9.21. The molecule has 0 aromatic heterocycles. The number of hydrogen-bond donors (Lipinski definition) is 4. The van der Waals surface area contributed by atoms with Crippen LogP contribution in [0.5, 0.6) is 0 Å². The molecule has 4 N–H and O–H groups in total. The van der Waals surface area contributed by atoms with Crippen LogP contribution in [-0.4, -0.2) is 47.6 Å². The van der Waals surface area contributed by atoms with Crippen LogP contribution >= 0.6 is 0 Å². The molecule has 0 fully saturated rings. The van der Waals surface area contributed by atoms with Crippen molar-refractivity contribution in [1.82, 2.24) is 0 Å². The van der Waals surface area contributed by atoms with E-state index < -0.39 is 16.2 Å². The molecule has 0 aliphatic heterocycles. The summed E-state index contributed by atoms with van der Waals surface area (Å²) in [5, 5.41) is 24.0. The SMILES string of the molecule is O=S(=O)(O)c1ccccc1.OCC(O)CO. The van der Waals surface area contributed by atoms with Crippen LogP contribution in [0.25, 0.3) is 0 Å². The summed E-state index contributed by atoms with van der Waals surface area (Å²) in [7, 11) is -4.00. The molecule has 0 spiro atoms. The van der Waals surface area contributed by atoms with Gasteiger partial charge in [0.15, 0.2) is 0 Å². The molecular weight excluding hydrogens is 236 g/mol. The Hall–Kier alpha value is -0.990. The molecule has 1 aromatic rings. The Bertz CT molecular complexity index is 370. The van der Waals surface area contributed by atoms with Gasteiger partial charge in [-0.15, -0.1) is 0 Å². The Labute approximate surface area is 93.5 Å². The highest BCUT2D eigenvalue weighted by Crippen LogP contribution is 2.05. The van der Waals surface area contributed by atoms with Crippen molar-refractivity contribution in [2.24, 2.45) is 0 Å². The summed E-state index contributed by atoms with van der Waals surface area (Å²) in [6, 6.07) is 7.42. The summed E-state index contributed by atoms with van der Waals surface area (Å²) in [6.07, 6.45) is -0.954. The minimum atomic E-state index is -4.00. The molecule has 0 saturated heterocycles. The van der Waals surface area contributed by atoms with Crippen LogP contribution in [0.3, 0.4) is 0 Å². The Morgan fingerprint density at radius 3 is 1.69 bits per heavy atom. The average Bonchev–Trinajstić information content (AvgIpc) is 2.29. The molecule has 0 bridgehead atoms. The Morgan fingerprint density at radius 2 is 1.50 bits per heavy atom. The van der Waals surface area contributed by atoms with Gasteiger partial charge >= 0.3 is 0 Å². The molecule has 0 aliphatic carbocycles. The second kappa shape index (κ2) is 7.31. The summed E-state index contributed by atoms with van der Waals surface area (Å²) < 4.78 is 29.2. The first kappa shape index (κ1) is 15.0. The molecular formula is C9H14O6S. The van der Waals surface area contributed by atoms with Crippen molar-refractivity contribution in [1.29, 1.82) is 0 Å². The van der Waals surface area contributed by atoms with Gasteiger partial charge < -0.3 is 15.3 Å². The summed E-state index contributed by atoms with van der Waals surface area (Å²) in [5.41, 5.74) is 0. The van der Waals surface area contributed by atoms with Gasteiger partial charge in [-0.05, 0) is 12.1 Å². The molecule has 0 radical (unpaired) electrons. The van der Waals surface area contributed by atoms with Crippen LogP contribution in [0.2, 0.25) is 0 Å². The Morgan fingerprint density at radius 1 is 1.06 bits per heavy atom. The van der Waals surface area contributed by atoms with E-state index in [0.717, 1.165) is 0 Å². The van der Waals surface area contributed by atoms with Crippen molar-refractivity contribution in [2.75, 3.05) is 13.2 Å². The standard InChI is InChI=1S/C6H6O3S.C3H8O3/c7-10(8,9)6-4-2-1-3-5-6;4-1-3(6)2-5/h1-5H,(H,7,8,9);3-6H,1-2H2. The molecule has 16 heavy (non-hydrogen) atoms. The fraction of sp³-hybridized carbons (Fsp3) is 0.333. The van der Waals surface area contributed by atoms with E-state index in [9.17, 15) is 8.42 Å². The monoisotopic (exact) mass is 250 g/mol. The molecule has 7 heteroatoms. The molecule has 0 amide bonds. The van der Waals surface area contributed by atoms with E-state index >= 15 is 0 Å². The van der Waals surface area contributed by atoms with Crippen LogP contribution in [0.15, 0.2) is 35.2 Å². The molecule has 1 rings (SSSR count). The minimum absolute atomic E-state index is 0.0741. The summed E-state index contributed by atoms with van der Waals surface area (Å²) in [4.78, 5) is -0.0741. The number of aliphatic hydroxyl groups is 3. The van der Waals surface area contributed by atoms with Crippen LogP contribution < -0.4 is 0 Å². The van der Waals surface area contributed by atoms with Gasteiger partial charge in [-0.2, -0.15) is 8.42 Å². The maximum absolute atomic E-state index is 10.4. The highest BCUT2D eigenvalue weighted by molar-refractivity contribution is 7.85. The first-order chi connectivity index (χ1) is 7.41. The van der Waals surface area contributed by atoms with E-state index in [1.165, 1.54) is 12.1 Å². The average molecular weight is 250 g/mol. The van der Waals surface area contributed by atoms with Gasteiger partial charge in [-0.3, -0.25) is 4.55 Å². The van der Waals surface area contributed by atoms with Crippen molar-refractivity contribution in [2.45, 2.75) is 11.0 Å². The van der Waals surface area contributed by atoms with E-state index in [1.807, 2.05) is 0 Å². The second-order valence-corrected chi connectivity index (χ2v) is 4.23. The normalized spacial score (nSPS) is 10.8. The lowest BCUT2D eigenvalue weighted by atomic mass is 10.4. The van der Waals surface area contributed by atoms with Gasteiger partial charge in [-0.1, -0.05) is 18.2 Å². The number of aliphatic hydroxyl groups excluding tert-OH is 3. The van der Waals surface area contributed by atoms with Crippen molar-refractivity contribution in [3.8, 4) is 0 Å². The van der Waals surface area contributed by atoms with Crippen molar-refractivity contribution in [3.05, 3.63) is 30.3 Å². The quantitative estimate of drug-likeness (QED) is 0.525. The lowest BCUT2D eigenvalue weighted by molar-refractivity contribution is 0.0450. The predicted molar refractivity (Wildman–Crippen MR) is 56.4 cm³/mol. The highest BCUT2D eigenvalue weighted by Gasteiger charge is 2.05. The van der Waals surface area contributed by atoms with E-state index in [-0.39, 0.29) is 18.1 Å². The van der Waals surface area contributed by atoms with Crippen molar-refractivity contribution >= 4 is 10.1 Å². The topological polar surface area (TPSA) is 115 Å². The second-order valence-electron chi connectivity index (χ2n) is 2.81. The van der Waals surface area contributed by atoms with Gasteiger partial charge in [0.2, 0.25) is 0 Å². The lowest BCUT2D eigenvalue weighted by Gasteiger charge is -1.96. The minimum Gasteiger partial charge on any atom is -0.394 e. The first-order valence-electron chi connectivity index (χ1n) is 4.34. The molecule has 0 saturated carbocycles. The number of rotatable bonds is 3. The van der Waals surface area contributed by atoms with Crippen molar-refractivity contribution in [3.63, 3.8) is 0 Å². The molecule has 92 valence electrons. The smallest absolute Gasteiger partial charge is 0.294 e. The van der Waals surface area contributed by atoms with Gasteiger partial charge in [0, 0.05) is 0 Å². The third kappa shape index (κ3) is 6.49. The third-order valence-corrected chi connectivity index (χ3v) is 2.33. The molecule has 0 aliphatic rings. The van der Waals surface area contributed by atoms with E-state index in [0.29, 0.717) is 0 Å². The van der Waals surface area contributed by atoms with Gasteiger partial charge in [0.25, 0.3) is 10.1 Å². The Kier molecular flexibility index (Phi) is 6.86. The van der Waals surface area contributed by atoms with Crippen molar-refractivity contribution < 1.29 is 28.3 Å². The largest absolute Gasteiger partial charge is 0.394 e. The highest BCUT2D eigenvalue weighted by atomic mass is 32.2. The first-order valence-corrected chi connectivity index (χ1v) is 5.78. The van der Waals surface area contributed by atoms with E-state index in [1.54, 1.807) is 18.2 Å². The predicted octanol–water partition coefficient (Wildman–Crippen LogP) is -0.735. The molecule has 0 unspecified atom stereocenters. The zero-order chi connectivity index (χ0) is 12.6. The maximum Gasteiger partial charge on any atom is 0.294 e. The zero-order valence-electron chi connectivity index (χ0n) is 8.39. The van der Waals surface area contributed by atoms with E-state index in [4.69, 9.17) is 19.9 Å². The number of benzene rings is 1. The molecule has 0 heterocycles. The summed E-state index contributed by atoms with van der Waals surface area (Å²) in [6.45, 7) is -0.729. The van der Waals surface area contributed by atoms with Crippen LogP contribution in [0.1, 0.15) is 0 Å². The summed E-state index contributed by atoms with van der Waals surface area (Å²) in [5.74, 6) is 0. The van der Waals surface area contributed by atoms with Crippen LogP contribution in [0, 0.1) is 0 Å². The molecule has 6 nitrogen and oxygen atoms in total. The Balaban J connectivity index is 0.000000325. The lowest BCUT2D eigenvalue weighted by Crippen LogP contribution is -2.15. The number of hydrogen-bond acceptors (Lipinski definition) is 5. The maximum atomic E-state index is 10.4. The van der Waals surface area contributed by atoms with Crippen LogP contribution in [-0.2, 0) is 10.1 Å². The van der Waals surface area contributed by atoms with Gasteiger partial charge in [0.05, 0.1) is 18.1 Å². The fourth-order valence-electron chi connectivity index (χ4n) is 0.650. The summed E-state index contributed by atoms with van der Waals surface area (Å²) >= 11 is 0.